The van der Waals surface area contributed by atoms with Gasteiger partial charge in [-0.1, -0.05) is 24.3 Å². The maximum atomic E-state index is 12.6. The molecule has 3 amide bonds. The Morgan fingerprint density at radius 2 is 1.64 bits per heavy atom. The van der Waals surface area contributed by atoms with Crippen molar-refractivity contribution in [1.82, 2.24) is 5.32 Å². The second kappa shape index (κ2) is 6.48. The Balaban J connectivity index is 1.23. The van der Waals surface area contributed by atoms with Crippen molar-refractivity contribution in [3.63, 3.8) is 0 Å². The Labute approximate surface area is 162 Å². The van der Waals surface area contributed by atoms with Crippen molar-refractivity contribution in [3.05, 3.63) is 65.2 Å². The number of rotatable bonds is 5. The summed E-state index contributed by atoms with van der Waals surface area (Å²) >= 11 is 0. The average Bonchev–Trinajstić information content (AvgIpc) is 3.63. The average molecular weight is 376 g/mol. The molecule has 2 aliphatic carbocycles. The fourth-order valence-electron chi connectivity index (χ4n) is 3.69. The van der Waals surface area contributed by atoms with Crippen LogP contribution in [0.15, 0.2) is 48.5 Å². The predicted octanol–water partition coefficient (Wildman–Crippen LogP) is 3.48. The molecule has 0 spiro atoms. The van der Waals surface area contributed by atoms with E-state index in [1.54, 1.807) is 36.4 Å². The maximum Gasteiger partial charge on any atom is 0.407 e. The Hall–Kier alpha value is -3.15. The molecule has 0 saturated heterocycles. The highest BCUT2D eigenvalue weighted by atomic mass is 16.5. The summed E-state index contributed by atoms with van der Waals surface area (Å²) in [6, 6.07) is 14.4. The fraction of sp³-hybridized carbons (Fsp3) is 0.318. The third kappa shape index (κ3) is 3.05. The molecule has 2 aromatic carbocycles. The number of carbonyl (C=O) groups excluding carboxylic acids is 3. The normalized spacial score (nSPS) is 22.8. The van der Waals surface area contributed by atoms with Gasteiger partial charge in [0.1, 0.15) is 0 Å². The monoisotopic (exact) mass is 376 g/mol. The smallest absolute Gasteiger partial charge is 0.407 e. The van der Waals surface area contributed by atoms with Gasteiger partial charge in [0.25, 0.3) is 11.8 Å². The van der Waals surface area contributed by atoms with E-state index in [9.17, 15) is 14.4 Å². The van der Waals surface area contributed by atoms with Crippen molar-refractivity contribution in [1.29, 1.82) is 0 Å². The number of anilines is 1. The van der Waals surface area contributed by atoms with Gasteiger partial charge in [-0.2, -0.15) is 0 Å². The fourth-order valence-corrected chi connectivity index (χ4v) is 3.69. The zero-order valence-corrected chi connectivity index (χ0v) is 15.3. The number of nitrogens with one attached hydrogen (secondary N) is 1. The van der Waals surface area contributed by atoms with Crippen LogP contribution in [0.1, 0.15) is 51.5 Å². The van der Waals surface area contributed by atoms with Gasteiger partial charge in [-0.05, 0) is 55.0 Å². The van der Waals surface area contributed by atoms with Gasteiger partial charge in [-0.25, -0.2) is 9.69 Å². The number of alkyl carbamates (subject to hydrolysis) is 1. The van der Waals surface area contributed by atoms with Crippen LogP contribution in [0.2, 0.25) is 0 Å². The van der Waals surface area contributed by atoms with E-state index in [0.717, 1.165) is 24.8 Å². The topological polar surface area (TPSA) is 75.7 Å². The number of amides is 3. The van der Waals surface area contributed by atoms with Gasteiger partial charge in [0, 0.05) is 12.0 Å². The predicted molar refractivity (Wildman–Crippen MR) is 102 cm³/mol. The number of nitrogens with zero attached hydrogens (tertiary/aromatic N) is 1. The highest BCUT2D eigenvalue weighted by molar-refractivity contribution is 6.34. The van der Waals surface area contributed by atoms with Gasteiger partial charge < -0.3 is 10.1 Å². The van der Waals surface area contributed by atoms with Crippen molar-refractivity contribution in [2.75, 3.05) is 11.5 Å². The Morgan fingerprint density at radius 1 is 1.00 bits per heavy atom. The van der Waals surface area contributed by atoms with Gasteiger partial charge in [0.2, 0.25) is 0 Å². The van der Waals surface area contributed by atoms with Crippen molar-refractivity contribution in [2.24, 2.45) is 5.92 Å². The van der Waals surface area contributed by atoms with Gasteiger partial charge >= 0.3 is 6.09 Å². The van der Waals surface area contributed by atoms with Crippen LogP contribution >= 0.6 is 0 Å². The van der Waals surface area contributed by atoms with Crippen molar-refractivity contribution < 1.29 is 19.1 Å². The lowest BCUT2D eigenvalue weighted by Crippen LogP contribution is -2.29. The molecule has 0 radical (unpaired) electrons. The molecule has 2 atom stereocenters. The number of ether oxygens (including phenoxy) is 1. The van der Waals surface area contributed by atoms with Crippen LogP contribution in [0.5, 0.6) is 0 Å². The lowest BCUT2D eigenvalue weighted by atomic mass is 10.1. The zero-order valence-electron chi connectivity index (χ0n) is 15.3. The first-order valence-corrected chi connectivity index (χ1v) is 9.63. The van der Waals surface area contributed by atoms with Gasteiger partial charge in [-0.15, -0.1) is 0 Å². The summed E-state index contributed by atoms with van der Waals surface area (Å²) in [5.74, 6) is 0.204. The molecule has 1 N–H and O–H groups in total. The highest BCUT2D eigenvalue weighted by Crippen LogP contribution is 2.41. The first kappa shape index (κ1) is 17.0. The van der Waals surface area contributed by atoms with E-state index < -0.39 is 0 Å². The molecule has 6 heteroatoms. The largest absolute Gasteiger partial charge is 0.449 e. The standard InChI is InChI=1S/C22H20N2O4/c25-20-16-3-1-2-4-17(16)21(26)24(20)15-9-7-14(8-10-15)18-11-19(18)23-22(27)28-12-13-5-6-13/h1-4,7-10,13,18-19H,5-6,11-12H2,(H,23,27)/t18-,19+/m0/s1. The highest BCUT2D eigenvalue weighted by Gasteiger charge is 2.41. The van der Waals surface area contributed by atoms with Crippen LogP contribution in [-0.2, 0) is 4.74 Å². The molecule has 0 unspecified atom stereocenters. The van der Waals surface area contributed by atoms with Crippen molar-refractivity contribution in [2.45, 2.75) is 31.2 Å². The van der Waals surface area contributed by atoms with Gasteiger partial charge in [-0.3, -0.25) is 9.59 Å². The molecule has 2 saturated carbocycles. The molecule has 2 aromatic rings. The summed E-state index contributed by atoms with van der Waals surface area (Å²) in [6.45, 7) is 0.512. The van der Waals surface area contributed by atoms with Crippen molar-refractivity contribution in [3.8, 4) is 0 Å². The molecule has 28 heavy (non-hydrogen) atoms. The molecule has 142 valence electrons. The molecule has 3 aliphatic rings. The van der Waals surface area contributed by atoms with Crippen LogP contribution in [0.4, 0.5) is 10.5 Å². The summed E-state index contributed by atoms with van der Waals surface area (Å²) in [5.41, 5.74) is 2.51. The van der Waals surface area contributed by atoms with Crippen LogP contribution in [0.25, 0.3) is 0 Å². The molecule has 0 bridgehead atoms. The summed E-state index contributed by atoms with van der Waals surface area (Å²) in [7, 11) is 0. The SMILES string of the molecule is O=C(N[C@@H]1C[C@H]1c1ccc(N2C(=O)c3ccccc3C2=O)cc1)OCC1CC1. The molecule has 1 aliphatic heterocycles. The number of carbonyl (C=O) groups is 3. The lowest BCUT2D eigenvalue weighted by Gasteiger charge is -2.14. The maximum absolute atomic E-state index is 12.6. The van der Waals surface area contributed by atoms with Crippen LogP contribution in [0, 0.1) is 5.92 Å². The third-order valence-corrected chi connectivity index (χ3v) is 5.61. The first-order valence-electron chi connectivity index (χ1n) is 9.63. The summed E-state index contributed by atoms with van der Waals surface area (Å²) < 4.78 is 5.21. The van der Waals surface area contributed by atoms with E-state index in [1.165, 1.54) is 4.90 Å². The van der Waals surface area contributed by atoms with E-state index in [4.69, 9.17) is 4.74 Å². The molecule has 5 rings (SSSR count). The second-order valence-electron chi connectivity index (χ2n) is 7.72. The van der Waals surface area contributed by atoms with Crippen LogP contribution < -0.4 is 10.2 Å². The minimum atomic E-state index is -0.345. The van der Waals surface area contributed by atoms with E-state index >= 15 is 0 Å². The lowest BCUT2D eigenvalue weighted by molar-refractivity contribution is 0.0926. The van der Waals surface area contributed by atoms with E-state index in [1.807, 2.05) is 12.1 Å². The number of fused-ring (bicyclic) bond motifs is 1. The first-order chi connectivity index (χ1) is 13.6. The Bertz CT molecular complexity index is 930. The van der Waals surface area contributed by atoms with Gasteiger partial charge in [0.15, 0.2) is 0 Å². The third-order valence-electron chi connectivity index (χ3n) is 5.61. The molecular formula is C22H20N2O4. The number of hydrogen-bond acceptors (Lipinski definition) is 4. The minimum absolute atomic E-state index is 0.0804. The zero-order chi connectivity index (χ0) is 19.3. The minimum Gasteiger partial charge on any atom is -0.449 e. The molecule has 2 fully saturated rings. The summed E-state index contributed by atoms with van der Waals surface area (Å²) in [4.78, 5) is 38.1. The second-order valence-corrected chi connectivity index (χ2v) is 7.72. The number of imide groups is 1. The van der Waals surface area contributed by atoms with Crippen molar-refractivity contribution >= 4 is 23.6 Å². The molecule has 1 heterocycles. The molecule has 0 aromatic heterocycles. The van der Waals surface area contributed by atoms with Crippen LogP contribution in [-0.4, -0.2) is 30.6 Å². The Morgan fingerprint density at radius 3 is 2.25 bits per heavy atom. The number of benzene rings is 2. The number of hydrogen-bond donors (Lipinski definition) is 1. The van der Waals surface area contributed by atoms with E-state index in [2.05, 4.69) is 5.32 Å². The van der Waals surface area contributed by atoms with E-state index in [-0.39, 0.29) is 29.9 Å². The summed E-state index contributed by atoms with van der Waals surface area (Å²) in [5, 5.41) is 2.90. The van der Waals surface area contributed by atoms with E-state index in [0.29, 0.717) is 29.3 Å². The van der Waals surface area contributed by atoms with Gasteiger partial charge in [0.05, 0.1) is 23.4 Å². The molecule has 6 nitrogen and oxygen atoms in total. The van der Waals surface area contributed by atoms with Crippen LogP contribution in [0.3, 0.4) is 0 Å². The summed E-state index contributed by atoms with van der Waals surface area (Å²) in [6.07, 6.45) is 2.82. The quantitative estimate of drug-likeness (QED) is 0.811. The molecular weight excluding hydrogens is 356 g/mol. The Kier molecular flexibility index (Phi) is 3.93.